The number of benzene rings is 4. The van der Waals surface area contributed by atoms with Crippen molar-refractivity contribution in [3.05, 3.63) is 143 Å². The molecule has 4 aromatic rings. The maximum Gasteiger partial charge on any atom is 0.434 e. The molecule has 5 rings (SSSR count). The first kappa shape index (κ1) is 27.3. The number of guanidine groups is 1. The molecule has 8 heteroatoms. The second kappa shape index (κ2) is 11.5. The zero-order valence-corrected chi connectivity index (χ0v) is 22.8. The van der Waals surface area contributed by atoms with Crippen molar-refractivity contribution in [2.24, 2.45) is 4.99 Å². The molecule has 0 spiro atoms. The van der Waals surface area contributed by atoms with Crippen molar-refractivity contribution < 1.29 is 19.5 Å². The summed E-state index contributed by atoms with van der Waals surface area (Å²) in [4.78, 5) is 46.2. The molecule has 1 aliphatic rings. The molecule has 0 bridgehead atoms. The minimum atomic E-state index is -1.43. The van der Waals surface area contributed by atoms with Gasteiger partial charge in [0.05, 0.1) is 12.6 Å². The van der Waals surface area contributed by atoms with Crippen molar-refractivity contribution in [3.8, 4) is 0 Å². The summed E-state index contributed by atoms with van der Waals surface area (Å²) < 4.78 is 0. The van der Waals surface area contributed by atoms with Crippen molar-refractivity contribution in [3.63, 3.8) is 0 Å². The SMILES string of the molecule is C[C@H](c1ccccc1)N(C)C(=O)c1cccc(CN2C(=O)C(c3ccccc3)(c3ccccc3)N/C2=N\C(=O)O)c1. The molecule has 0 saturated carbocycles. The molecule has 8 nitrogen and oxygen atoms in total. The van der Waals surface area contributed by atoms with Crippen LogP contribution in [-0.2, 0) is 16.9 Å². The molecule has 1 saturated heterocycles. The highest BCUT2D eigenvalue weighted by Gasteiger charge is 2.52. The van der Waals surface area contributed by atoms with Gasteiger partial charge in [0.15, 0.2) is 5.54 Å². The van der Waals surface area contributed by atoms with Gasteiger partial charge in [0.2, 0.25) is 5.96 Å². The van der Waals surface area contributed by atoms with Crippen LogP contribution in [0.3, 0.4) is 0 Å². The van der Waals surface area contributed by atoms with Crippen LogP contribution in [-0.4, -0.2) is 45.8 Å². The van der Waals surface area contributed by atoms with Crippen LogP contribution in [0.1, 0.15) is 45.6 Å². The third kappa shape index (κ3) is 5.32. The van der Waals surface area contributed by atoms with Gasteiger partial charge in [-0.3, -0.25) is 14.5 Å². The standard InChI is InChI=1S/C33H30N4O4/c1-23(25-14-6-3-7-15-25)36(2)29(38)26-16-12-13-24(21-26)22-37-30(39)33(27-17-8-4-9-18-27,28-19-10-5-11-20-28)35-31(37)34-32(40)41/h3-21,23H,22H2,1-2H3,(H,34,35)(H,40,41)/t23-/m1/s1. The van der Waals surface area contributed by atoms with Gasteiger partial charge >= 0.3 is 6.09 Å². The fourth-order valence-electron chi connectivity index (χ4n) is 5.17. The third-order valence-corrected chi connectivity index (χ3v) is 7.43. The first-order chi connectivity index (χ1) is 19.8. The molecule has 0 aromatic heterocycles. The van der Waals surface area contributed by atoms with Crippen molar-refractivity contribution in [1.82, 2.24) is 15.1 Å². The number of hydrogen-bond acceptors (Lipinski definition) is 3. The molecule has 3 amide bonds. The zero-order chi connectivity index (χ0) is 29.0. The highest BCUT2D eigenvalue weighted by atomic mass is 16.4. The van der Waals surface area contributed by atoms with E-state index in [-0.39, 0.29) is 30.4 Å². The van der Waals surface area contributed by atoms with E-state index in [0.717, 1.165) is 5.56 Å². The highest BCUT2D eigenvalue weighted by Crippen LogP contribution is 2.37. The monoisotopic (exact) mass is 546 g/mol. The van der Waals surface area contributed by atoms with Crippen LogP contribution >= 0.6 is 0 Å². The molecule has 1 atom stereocenters. The Labute approximate surface area is 238 Å². The zero-order valence-electron chi connectivity index (χ0n) is 22.8. The van der Waals surface area contributed by atoms with Gasteiger partial charge in [-0.1, -0.05) is 103 Å². The van der Waals surface area contributed by atoms with E-state index in [1.165, 1.54) is 4.90 Å². The number of hydrogen-bond donors (Lipinski definition) is 2. The molecule has 4 aromatic carbocycles. The van der Waals surface area contributed by atoms with Crippen molar-refractivity contribution in [2.45, 2.75) is 25.0 Å². The van der Waals surface area contributed by atoms with Gasteiger partial charge in [0, 0.05) is 12.6 Å². The first-order valence-corrected chi connectivity index (χ1v) is 13.2. The summed E-state index contributed by atoms with van der Waals surface area (Å²) in [6.45, 7) is 1.98. The van der Waals surface area contributed by atoms with Gasteiger partial charge < -0.3 is 15.3 Å². The van der Waals surface area contributed by atoms with E-state index < -0.39 is 11.6 Å². The van der Waals surface area contributed by atoms with Crippen LogP contribution in [0.2, 0.25) is 0 Å². The quantitative estimate of drug-likeness (QED) is 0.322. The summed E-state index contributed by atoms with van der Waals surface area (Å²) in [5.41, 5.74) is 2.05. The average Bonchev–Trinajstić information content (AvgIpc) is 3.28. The number of carbonyl (C=O) groups excluding carboxylic acids is 2. The van der Waals surface area contributed by atoms with Gasteiger partial charge in [-0.05, 0) is 41.3 Å². The summed E-state index contributed by atoms with van der Waals surface area (Å²) in [5, 5.41) is 12.7. The molecule has 0 radical (unpaired) electrons. The smallest absolute Gasteiger partial charge is 0.434 e. The van der Waals surface area contributed by atoms with Gasteiger partial charge in [-0.15, -0.1) is 4.99 Å². The highest BCUT2D eigenvalue weighted by molar-refractivity contribution is 6.13. The molecule has 41 heavy (non-hydrogen) atoms. The van der Waals surface area contributed by atoms with Crippen molar-refractivity contribution >= 4 is 23.9 Å². The maximum atomic E-state index is 14.3. The van der Waals surface area contributed by atoms with E-state index in [2.05, 4.69) is 10.3 Å². The van der Waals surface area contributed by atoms with E-state index in [1.807, 2.05) is 97.9 Å². The molecule has 0 unspecified atom stereocenters. The molecule has 0 aliphatic carbocycles. The molecule has 206 valence electrons. The van der Waals surface area contributed by atoms with E-state index in [1.54, 1.807) is 36.2 Å². The summed E-state index contributed by atoms with van der Waals surface area (Å²) in [7, 11) is 1.76. The number of aliphatic imine (C=N–C) groups is 1. The minimum absolute atomic E-state index is 0.0123. The second-order valence-corrected chi connectivity index (χ2v) is 9.92. The lowest BCUT2D eigenvalue weighted by atomic mass is 9.82. The lowest BCUT2D eigenvalue weighted by molar-refractivity contribution is -0.130. The number of carbonyl (C=O) groups is 3. The second-order valence-electron chi connectivity index (χ2n) is 9.92. The normalized spacial score (nSPS) is 15.8. The minimum Gasteiger partial charge on any atom is -0.463 e. The summed E-state index contributed by atoms with van der Waals surface area (Å²) >= 11 is 0. The predicted molar refractivity (Wildman–Crippen MR) is 156 cm³/mol. The Hall–Kier alpha value is -5.24. The lowest BCUT2D eigenvalue weighted by Crippen LogP contribution is -2.45. The van der Waals surface area contributed by atoms with Crippen LogP contribution in [0, 0.1) is 0 Å². The molecular weight excluding hydrogens is 516 g/mol. The van der Waals surface area contributed by atoms with E-state index in [9.17, 15) is 19.5 Å². The molecule has 1 heterocycles. The summed E-state index contributed by atoms with van der Waals surface area (Å²) in [6.07, 6.45) is -1.43. The fourth-order valence-corrected chi connectivity index (χ4v) is 5.17. The van der Waals surface area contributed by atoms with Gasteiger partial charge in [0.1, 0.15) is 0 Å². The Bertz CT molecular complexity index is 1550. The predicted octanol–water partition coefficient (Wildman–Crippen LogP) is 5.43. The number of rotatable bonds is 7. The van der Waals surface area contributed by atoms with E-state index in [4.69, 9.17) is 0 Å². The number of nitrogens with zero attached hydrogens (tertiary/aromatic N) is 3. The Kier molecular flexibility index (Phi) is 7.65. The van der Waals surface area contributed by atoms with Crippen molar-refractivity contribution in [1.29, 1.82) is 0 Å². The Morgan fingerprint density at radius 3 is 2.00 bits per heavy atom. The maximum absolute atomic E-state index is 14.3. The Balaban J connectivity index is 1.49. The molecule has 1 fully saturated rings. The Morgan fingerprint density at radius 1 is 0.878 bits per heavy atom. The van der Waals surface area contributed by atoms with Gasteiger partial charge in [-0.25, -0.2) is 4.79 Å². The van der Waals surface area contributed by atoms with Crippen LogP contribution < -0.4 is 5.32 Å². The molecular formula is C33H30N4O4. The fraction of sp³-hybridized carbons (Fsp3) is 0.152. The lowest BCUT2D eigenvalue weighted by Gasteiger charge is -2.28. The largest absolute Gasteiger partial charge is 0.463 e. The average molecular weight is 547 g/mol. The van der Waals surface area contributed by atoms with E-state index >= 15 is 0 Å². The van der Waals surface area contributed by atoms with Gasteiger partial charge in [-0.2, -0.15) is 0 Å². The van der Waals surface area contributed by atoms with Crippen LogP contribution in [0.15, 0.2) is 120 Å². The first-order valence-electron chi connectivity index (χ1n) is 13.2. The number of carboxylic acid groups (broad SMARTS) is 1. The third-order valence-electron chi connectivity index (χ3n) is 7.43. The van der Waals surface area contributed by atoms with Crippen LogP contribution in [0.5, 0.6) is 0 Å². The molecule has 2 N–H and O–H groups in total. The van der Waals surface area contributed by atoms with Gasteiger partial charge in [0.25, 0.3) is 11.8 Å². The molecule has 1 aliphatic heterocycles. The van der Waals surface area contributed by atoms with Crippen LogP contribution in [0.4, 0.5) is 4.79 Å². The summed E-state index contributed by atoms with van der Waals surface area (Å²) in [5.74, 6) is -0.625. The topological polar surface area (TPSA) is 102 Å². The number of amides is 3. The summed E-state index contributed by atoms with van der Waals surface area (Å²) in [6, 6.07) is 34.9. The van der Waals surface area contributed by atoms with Crippen molar-refractivity contribution in [2.75, 3.05) is 7.05 Å². The number of nitrogens with one attached hydrogen (secondary N) is 1. The Morgan fingerprint density at radius 2 is 1.44 bits per heavy atom. The van der Waals surface area contributed by atoms with E-state index in [0.29, 0.717) is 22.3 Å². The van der Waals surface area contributed by atoms with Crippen LogP contribution in [0.25, 0.3) is 0 Å².